The molecule has 24 heavy (non-hydrogen) atoms. The number of benzene rings is 2. The van der Waals surface area contributed by atoms with Gasteiger partial charge in [-0.3, -0.25) is 4.99 Å². The Bertz CT molecular complexity index is 716. The number of nitrogens with one attached hydrogen (secondary N) is 1. The van der Waals surface area contributed by atoms with Gasteiger partial charge < -0.3 is 15.8 Å². The van der Waals surface area contributed by atoms with Crippen LogP contribution in [0.5, 0.6) is 5.75 Å². The molecule has 0 atom stereocenters. The van der Waals surface area contributed by atoms with Crippen LogP contribution in [0.2, 0.25) is 0 Å². The molecule has 1 aliphatic rings. The van der Waals surface area contributed by atoms with E-state index in [1.807, 2.05) is 12.1 Å². The van der Waals surface area contributed by atoms with Gasteiger partial charge in [-0.25, -0.2) is 0 Å². The van der Waals surface area contributed by atoms with E-state index in [4.69, 9.17) is 10.5 Å². The summed E-state index contributed by atoms with van der Waals surface area (Å²) in [6.45, 7) is 3.61. The average molecular weight is 437 g/mol. The second kappa shape index (κ2) is 8.92. The quantitative estimate of drug-likeness (QED) is 0.426. The van der Waals surface area contributed by atoms with Gasteiger partial charge in [-0.2, -0.15) is 0 Å². The summed E-state index contributed by atoms with van der Waals surface area (Å²) in [5.74, 6) is 1.48. The summed E-state index contributed by atoms with van der Waals surface area (Å²) < 4.78 is 5.52. The smallest absolute Gasteiger partial charge is 0.193 e. The second-order valence-electron chi connectivity index (χ2n) is 5.74. The number of aryl methyl sites for hydroxylation is 1. The van der Waals surface area contributed by atoms with Crippen molar-refractivity contribution in [3.05, 3.63) is 59.2 Å². The number of guanidine groups is 1. The molecule has 0 amide bonds. The molecule has 0 saturated carbocycles. The van der Waals surface area contributed by atoms with Gasteiger partial charge in [0, 0.05) is 18.7 Å². The van der Waals surface area contributed by atoms with E-state index in [1.54, 1.807) is 0 Å². The highest BCUT2D eigenvalue weighted by Gasteiger charge is 2.11. The molecule has 0 unspecified atom stereocenters. The van der Waals surface area contributed by atoms with Crippen LogP contribution in [-0.4, -0.2) is 19.1 Å². The first-order valence-electron chi connectivity index (χ1n) is 8.15. The minimum absolute atomic E-state index is 0. The highest BCUT2D eigenvalue weighted by atomic mass is 127. The first-order valence-corrected chi connectivity index (χ1v) is 8.15. The van der Waals surface area contributed by atoms with Crippen molar-refractivity contribution in [3.63, 3.8) is 0 Å². The zero-order valence-corrected chi connectivity index (χ0v) is 16.2. The van der Waals surface area contributed by atoms with Gasteiger partial charge in [-0.05, 0) is 47.7 Å². The molecule has 2 aromatic rings. The molecule has 1 heterocycles. The molecular weight excluding hydrogens is 413 g/mol. The fourth-order valence-corrected chi connectivity index (χ4v) is 2.76. The molecule has 0 aliphatic carbocycles. The first kappa shape index (κ1) is 18.6. The van der Waals surface area contributed by atoms with Crippen LogP contribution in [-0.2, 0) is 19.3 Å². The zero-order valence-electron chi connectivity index (χ0n) is 13.9. The maximum Gasteiger partial charge on any atom is 0.193 e. The minimum atomic E-state index is 0. The van der Waals surface area contributed by atoms with E-state index in [1.165, 1.54) is 16.7 Å². The van der Waals surface area contributed by atoms with Gasteiger partial charge in [-0.1, -0.05) is 31.2 Å². The van der Waals surface area contributed by atoms with Crippen molar-refractivity contribution in [1.29, 1.82) is 0 Å². The molecule has 0 fully saturated rings. The molecule has 2 aromatic carbocycles. The van der Waals surface area contributed by atoms with Crippen LogP contribution in [0.15, 0.2) is 47.5 Å². The van der Waals surface area contributed by atoms with Crippen LogP contribution >= 0.6 is 24.0 Å². The number of halogens is 1. The van der Waals surface area contributed by atoms with Crippen molar-refractivity contribution in [2.45, 2.75) is 26.2 Å². The Hall–Kier alpha value is -1.76. The van der Waals surface area contributed by atoms with Gasteiger partial charge in [0.15, 0.2) is 5.96 Å². The van der Waals surface area contributed by atoms with Crippen LogP contribution < -0.4 is 15.8 Å². The largest absolute Gasteiger partial charge is 0.493 e. The standard InChI is InChI=1S/C19H23N3O.HI/c1-2-14-4-3-5-17(13-14)22-19(20)21-10-8-15-6-7-18-16(12-15)9-11-23-18;/h3-7,12-13H,2,8-11H2,1H3,(H3,20,21,22);1H. The average Bonchev–Trinajstić information content (AvgIpc) is 3.02. The third kappa shape index (κ3) is 4.87. The van der Waals surface area contributed by atoms with Crippen molar-refractivity contribution in [2.24, 2.45) is 10.7 Å². The van der Waals surface area contributed by atoms with Gasteiger partial charge in [-0.15, -0.1) is 24.0 Å². The van der Waals surface area contributed by atoms with E-state index in [0.717, 1.165) is 37.3 Å². The van der Waals surface area contributed by atoms with Crippen molar-refractivity contribution in [1.82, 2.24) is 0 Å². The molecule has 0 spiro atoms. The Kier molecular flexibility index (Phi) is 6.90. The Morgan fingerprint density at radius 3 is 2.92 bits per heavy atom. The van der Waals surface area contributed by atoms with Crippen molar-refractivity contribution >= 4 is 35.6 Å². The number of fused-ring (bicyclic) bond motifs is 1. The van der Waals surface area contributed by atoms with E-state index in [0.29, 0.717) is 12.5 Å². The summed E-state index contributed by atoms with van der Waals surface area (Å²) >= 11 is 0. The van der Waals surface area contributed by atoms with E-state index in [2.05, 4.69) is 47.6 Å². The van der Waals surface area contributed by atoms with E-state index in [9.17, 15) is 0 Å². The second-order valence-corrected chi connectivity index (χ2v) is 5.74. The fourth-order valence-electron chi connectivity index (χ4n) is 2.76. The molecule has 0 aromatic heterocycles. The van der Waals surface area contributed by atoms with E-state index in [-0.39, 0.29) is 24.0 Å². The number of anilines is 1. The molecule has 3 rings (SSSR count). The normalized spacial score (nSPS) is 13.0. The van der Waals surface area contributed by atoms with Gasteiger partial charge >= 0.3 is 0 Å². The van der Waals surface area contributed by atoms with Gasteiger partial charge in [0.1, 0.15) is 5.75 Å². The summed E-state index contributed by atoms with van der Waals surface area (Å²) in [7, 11) is 0. The van der Waals surface area contributed by atoms with Crippen LogP contribution in [0, 0.1) is 0 Å². The fraction of sp³-hybridized carbons (Fsp3) is 0.316. The van der Waals surface area contributed by atoms with Gasteiger partial charge in [0.05, 0.1) is 6.61 Å². The molecule has 5 heteroatoms. The number of aliphatic imine (C=N–C) groups is 1. The van der Waals surface area contributed by atoms with Crippen LogP contribution in [0.4, 0.5) is 5.69 Å². The van der Waals surface area contributed by atoms with Crippen LogP contribution in [0.3, 0.4) is 0 Å². The Labute approximate surface area is 160 Å². The molecule has 0 radical (unpaired) electrons. The molecule has 3 N–H and O–H groups in total. The van der Waals surface area contributed by atoms with Crippen LogP contribution in [0.25, 0.3) is 0 Å². The summed E-state index contributed by atoms with van der Waals surface area (Å²) in [6, 6.07) is 14.6. The van der Waals surface area contributed by atoms with E-state index >= 15 is 0 Å². The molecule has 1 aliphatic heterocycles. The van der Waals surface area contributed by atoms with Gasteiger partial charge in [0.2, 0.25) is 0 Å². The number of hydrogen-bond acceptors (Lipinski definition) is 2. The number of hydrogen-bond donors (Lipinski definition) is 2. The third-order valence-electron chi connectivity index (χ3n) is 4.04. The van der Waals surface area contributed by atoms with Crippen molar-refractivity contribution < 1.29 is 4.74 Å². The lowest BCUT2D eigenvalue weighted by atomic mass is 10.1. The predicted molar refractivity (Wildman–Crippen MR) is 111 cm³/mol. The monoisotopic (exact) mass is 437 g/mol. The molecule has 4 nitrogen and oxygen atoms in total. The third-order valence-corrected chi connectivity index (χ3v) is 4.04. The number of ether oxygens (including phenoxy) is 1. The lowest BCUT2D eigenvalue weighted by molar-refractivity contribution is 0.357. The van der Waals surface area contributed by atoms with Crippen molar-refractivity contribution in [2.75, 3.05) is 18.5 Å². The number of nitrogens with two attached hydrogens (primary N) is 1. The molecular formula is C19H24IN3O. The topological polar surface area (TPSA) is 59.6 Å². The summed E-state index contributed by atoms with van der Waals surface area (Å²) in [5, 5.41) is 3.15. The number of nitrogens with zero attached hydrogens (tertiary/aromatic N) is 1. The molecule has 128 valence electrons. The maximum atomic E-state index is 5.97. The Morgan fingerprint density at radius 2 is 2.08 bits per heavy atom. The summed E-state index contributed by atoms with van der Waals surface area (Å²) in [5.41, 5.74) is 10.8. The zero-order chi connectivity index (χ0) is 16.1. The molecule has 0 bridgehead atoms. The Morgan fingerprint density at radius 1 is 1.21 bits per heavy atom. The lowest BCUT2D eigenvalue weighted by Gasteiger charge is -2.07. The lowest BCUT2D eigenvalue weighted by Crippen LogP contribution is -2.23. The first-order chi connectivity index (χ1) is 11.2. The van der Waals surface area contributed by atoms with E-state index < -0.39 is 0 Å². The highest BCUT2D eigenvalue weighted by molar-refractivity contribution is 14.0. The molecule has 0 saturated heterocycles. The maximum absolute atomic E-state index is 5.97. The summed E-state index contributed by atoms with van der Waals surface area (Å²) in [4.78, 5) is 4.42. The van der Waals surface area contributed by atoms with Gasteiger partial charge in [0.25, 0.3) is 0 Å². The highest BCUT2D eigenvalue weighted by Crippen LogP contribution is 2.25. The number of rotatable bonds is 5. The minimum Gasteiger partial charge on any atom is -0.493 e. The summed E-state index contributed by atoms with van der Waals surface area (Å²) in [6.07, 6.45) is 2.89. The SMILES string of the molecule is CCc1cccc(NC(N)=NCCc2ccc3c(c2)CCO3)c1.I. The Balaban J connectivity index is 0.00000208. The van der Waals surface area contributed by atoms with Crippen molar-refractivity contribution in [3.8, 4) is 5.75 Å². The van der Waals surface area contributed by atoms with Crippen LogP contribution in [0.1, 0.15) is 23.6 Å². The predicted octanol–water partition coefficient (Wildman–Crippen LogP) is 3.77.